The summed E-state index contributed by atoms with van der Waals surface area (Å²) in [6.07, 6.45) is 3.96. The third kappa shape index (κ3) is 3.18. The third-order valence-electron chi connectivity index (χ3n) is 2.91. The van der Waals surface area contributed by atoms with Gasteiger partial charge in [-0.15, -0.1) is 0 Å². The lowest BCUT2D eigenvalue weighted by molar-refractivity contribution is 0.0945. The van der Waals surface area contributed by atoms with E-state index in [4.69, 9.17) is 5.26 Å². The fourth-order valence-corrected chi connectivity index (χ4v) is 1.80. The lowest BCUT2D eigenvalue weighted by Crippen LogP contribution is -2.24. The minimum absolute atomic E-state index is 0.276. The van der Waals surface area contributed by atoms with Crippen molar-refractivity contribution in [2.75, 3.05) is 0 Å². The van der Waals surface area contributed by atoms with Crippen molar-refractivity contribution >= 4 is 5.91 Å². The topological polar surface area (TPSA) is 78.7 Å². The quantitative estimate of drug-likeness (QED) is 0.915. The third-order valence-corrected chi connectivity index (χ3v) is 2.91. The molecule has 0 aliphatic carbocycles. The van der Waals surface area contributed by atoms with Crippen LogP contribution in [0, 0.1) is 11.3 Å². The van der Waals surface area contributed by atoms with Crippen LogP contribution < -0.4 is 5.32 Å². The van der Waals surface area contributed by atoms with Crippen LogP contribution in [0.3, 0.4) is 0 Å². The van der Waals surface area contributed by atoms with E-state index in [1.807, 2.05) is 25.1 Å². The number of rotatable bonds is 4. The highest BCUT2D eigenvalue weighted by Gasteiger charge is 2.08. The van der Waals surface area contributed by atoms with Crippen LogP contribution >= 0.6 is 0 Å². The summed E-state index contributed by atoms with van der Waals surface area (Å²) in [5.41, 5.74) is 2.69. The van der Waals surface area contributed by atoms with E-state index in [9.17, 15) is 4.79 Å². The fourth-order valence-electron chi connectivity index (χ4n) is 1.80. The molecule has 5 heteroatoms. The van der Waals surface area contributed by atoms with E-state index in [0.717, 1.165) is 17.7 Å². The van der Waals surface area contributed by atoms with Crippen molar-refractivity contribution in [2.45, 2.75) is 19.9 Å². The van der Waals surface area contributed by atoms with Gasteiger partial charge in [-0.25, -0.2) is 4.98 Å². The van der Waals surface area contributed by atoms with E-state index in [1.165, 1.54) is 12.3 Å². The molecule has 0 atom stereocenters. The zero-order chi connectivity index (χ0) is 14.4. The maximum absolute atomic E-state index is 11.9. The average molecular weight is 266 g/mol. The minimum Gasteiger partial charge on any atom is -0.345 e. The molecule has 2 aromatic heterocycles. The van der Waals surface area contributed by atoms with Gasteiger partial charge in [0.25, 0.3) is 5.91 Å². The van der Waals surface area contributed by atoms with Gasteiger partial charge in [-0.2, -0.15) is 5.26 Å². The van der Waals surface area contributed by atoms with E-state index in [2.05, 4.69) is 15.3 Å². The van der Waals surface area contributed by atoms with Gasteiger partial charge in [-0.05, 0) is 30.2 Å². The number of amides is 1. The van der Waals surface area contributed by atoms with Crippen LogP contribution in [0.5, 0.6) is 0 Å². The van der Waals surface area contributed by atoms with Crippen molar-refractivity contribution < 1.29 is 4.79 Å². The SMILES string of the molecule is CCc1cccnc1CNC(=O)c1ccc(C#N)cn1. The number of nitriles is 1. The summed E-state index contributed by atoms with van der Waals surface area (Å²) in [4.78, 5) is 20.1. The molecule has 0 saturated heterocycles. The number of aromatic nitrogens is 2. The number of pyridine rings is 2. The van der Waals surface area contributed by atoms with Crippen LogP contribution in [0.2, 0.25) is 0 Å². The summed E-state index contributed by atoms with van der Waals surface area (Å²) in [6, 6.07) is 8.94. The molecule has 1 amide bonds. The summed E-state index contributed by atoms with van der Waals surface area (Å²) in [6.45, 7) is 2.41. The first-order valence-corrected chi connectivity index (χ1v) is 6.31. The van der Waals surface area contributed by atoms with Crippen molar-refractivity contribution in [1.29, 1.82) is 5.26 Å². The van der Waals surface area contributed by atoms with Crippen molar-refractivity contribution in [3.05, 3.63) is 59.2 Å². The highest BCUT2D eigenvalue weighted by Crippen LogP contribution is 2.06. The molecule has 0 unspecified atom stereocenters. The number of carbonyl (C=O) groups is 1. The molecule has 5 nitrogen and oxygen atoms in total. The summed E-state index contributed by atoms with van der Waals surface area (Å²) >= 11 is 0. The Morgan fingerprint density at radius 2 is 2.20 bits per heavy atom. The smallest absolute Gasteiger partial charge is 0.270 e. The van der Waals surface area contributed by atoms with Crippen LogP contribution in [0.4, 0.5) is 0 Å². The van der Waals surface area contributed by atoms with Gasteiger partial charge < -0.3 is 5.32 Å². The molecule has 0 spiro atoms. The number of hydrogen-bond acceptors (Lipinski definition) is 4. The Hall–Kier alpha value is -2.74. The minimum atomic E-state index is -0.276. The molecule has 0 aromatic carbocycles. The molecule has 0 aliphatic rings. The van der Waals surface area contributed by atoms with Crippen molar-refractivity contribution in [2.24, 2.45) is 0 Å². The Balaban J connectivity index is 2.03. The van der Waals surface area contributed by atoms with Crippen LogP contribution in [-0.2, 0) is 13.0 Å². The molecule has 0 radical (unpaired) electrons. The molecule has 20 heavy (non-hydrogen) atoms. The Kier molecular flexibility index (Phi) is 4.40. The first-order valence-electron chi connectivity index (χ1n) is 6.31. The number of nitrogens with zero attached hydrogens (tertiary/aromatic N) is 3. The summed E-state index contributed by atoms with van der Waals surface area (Å²) in [7, 11) is 0. The first-order chi connectivity index (χ1) is 9.74. The van der Waals surface area contributed by atoms with Crippen molar-refractivity contribution in [3.8, 4) is 6.07 Å². The summed E-state index contributed by atoms with van der Waals surface area (Å²) < 4.78 is 0. The van der Waals surface area contributed by atoms with E-state index in [-0.39, 0.29) is 11.6 Å². The monoisotopic (exact) mass is 266 g/mol. The Morgan fingerprint density at radius 3 is 2.85 bits per heavy atom. The van der Waals surface area contributed by atoms with Crippen molar-refractivity contribution in [1.82, 2.24) is 15.3 Å². The fraction of sp³-hybridized carbons (Fsp3) is 0.200. The van der Waals surface area contributed by atoms with Crippen LogP contribution in [0.25, 0.3) is 0 Å². The zero-order valence-electron chi connectivity index (χ0n) is 11.1. The highest BCUT2D eigenvalue weighted by atomic mass is 16.1. The Morgan fingerprint density at radius 1 is 1.35 bits per heavy atom. The van der Waals surface area contributed by atoms with Gasteiger partial charge in [-0.1, -0.05) is 13.0 Å². The average Bonchev–Trinajstić information content (AvgIpc) is 2.53. The van der Waals surface area contributed by atoms with Gasteiger partial charge in [0, 0.05) is 12.4 Å². The van der Waals surface area contributed by atoms with Crippen LogP contribution in [0.15, 0.2) is 36.7 Å². The molecule has 0 bridgehead atoms. The van der Waals surface area contributed by atoms with E-state index < -0.39 is 0 Å². The molecule has 100 valence electrons. The second-order valence-corrected chi connectivity index (χ2v) is 4.19. The van der Waals surface area contributed by atoms with E-state index in [0.29, 0.717) is 12.1 Å². The maximum Gasteiger partial charge on any atom is 0.270 e. The first kappa shape index (κ1) is 13.7. The van der Waals surface area contributed by atoms with E-state index >= 15 is 0 Å². The van der Waals surface area contributed by atoms with Gasteiger partial charge in [-0.3, -0.25) is 9.78 Å². The van der Waals surface area contributed by atoms with Gasteiger partial charge in [0.05, 0.1) is 17.8 Å². The summed E-state index contributed by atoms with van der Waals surface area (Å²) in [5.74, 6) is -0.276. The number of aryl methyl sites for hydroxylation is 1. The molecule has 2 heterocycles. The number of carbonyl (C=O) groups excluding carboxylic acids is 1. The maximum atomic E-state index is 11.9. The lowest BCUT2D eigenvalue weighted by Gasteiger charge is -2.07. The second kappa shape index (κ2) is 6.43. The van der Waals surface area contributed by atoms with Crippen molar-refractivity contribution in [3.63, 3.8) is 0 Å². The molecule has 0 aliphatic heterocycles. The molecule has 1 N–H and O–H groups in total. The normalized spacial score (nSPS) is 9.80. The second-order valence-electron chi connectivity index (χ2n) is 4.19. The van der Waals surface area contributed by atoms with Crippen LogP contribution in [-0.4, -0.2) is 15.9 Å². The molecular weight excluding hydrogens is 252 g/mol. The predicted molar refractivity (Wildman–Crippen MR) is 73.7 cm³/mol. The predicted octanol–water partition coefficient (Wildman–Crippen LogP) is 1.84. The van der Waals surface area contributed by atoms with E-state index in [1.54, 1.807) is 12.3 Å². The van der Waals surface area contributed by atoms with Gasteiger partial charge >= 0.3 is 0 Å². The molecule has 0 saturated carbocycles. The molecular formula is C15H14N4O. The standard InChI is InChI=1S/C15H14N4O/c1-2-12-4-3-7-17-14(12)10-19-15(20)13-6-5-11(8-16)9-18-13/h3-7,9H,2,10H2,1H3,(H,19,20). The molecule has 0 fully saturated rings. The number of nitrogens with one attached hydrogen (secondary N) is 1. The van der Waals surface area contributed by atoms with Gasteiger partial charge in [0.2, 0.25) is 0 Å². The molecule has 2 aromatic rings. The zero-order valence-corrected chi connectivity index (χ0v) is 11.1. The lowest BCUT2D eigenvalue weighted by atomic mass is 10.1. The molecule has 2 rings (SSSR count). The largest absolute Gasteiger partial charge is 0.345 e. The number of hydrogen-bond donors (Lipinski definition) is 1. The van der Waals surface area contributed by atoms with Crippen LogP contribution in [0.1, 0.15) is 34.2 Å². The Labute approximate surface area is 117 Å². The highest BCUT2D eigenvalue weighted by molar-refractivity contribution is 5.92. The van der Waals surface area contributed by atoms with Gasteiger partial charge in [0.1, 0.15) is 11.8 Å². The summed E-state index contributed by atoms with van der Waals surface area (Å²) in [5, 5.41) is 11.5. The Bertz CT molecular complexity index is 644. The van der Waals surface area contributed by atoms with Gasteiger partial charge in [0.15, 0.2) is 0 Å².